The van der Waals surface area contributed by atoms with Gasteiger partial charge in [0.2, 0.25) is 0 Å². The molecular weight excluding hydrogens is 301 g/mol. The van der Waals surface area contributed by atoms with E-state index in [0.717, 1.165) is 12.8 Å². The molecule has 0 bridgehead atoms. The molecular formula is C17H22FNO4. The molecule has 23 heavy (non-hydrogen) atoms. The molecule has 6 heteroatoms. The van der Waals surface area contributed by atoms with Crippen LogP contribution in [0.1, 0.15) is 55.6 Å². The minimum atomic E-state index is -0.718. The summed E-state index contributed by atoms with van der Waals surface area (Å²) in [5, 5.41) is 0. The molecule has 126 valence electrons. The molecule has 0 spiro atoms. The van der Waals surface area contributed by atoms with E-state index in [4.69, 9.17) is 4.74 Å². The van der Waals surface area contributed by atoms with E-state index in [2.05, 4.69) is 4.74 Å². The summed E-state index contributed by atoms with van der Waals surface area (Å²) >= 11 is 0. The monoisotopic (exact) mass is 323 g/mol. The van der Waals surface area contributed by atoms with Gasteiger partial charge in [-0.15, -0.1) is 0 Å². The van der Waals surface area contributed by atoms with Crippen LogP contribution in [0.15, 0.2) is 18.2 Å². The van der Waals surface area contributed by atoms with Crippen molar-refractivity contribution in [2.75, 3.05) is 13.7 Å². The summed E-state index contributed by atoms with van der Waals surface area (Å²) in [5.74, 6) is -1.37. The van der Waals surface area contributed by atoms with Crippen LogP contribution < -0.4 is 0 Å². The zero-order valence-electron chi connectivity index (χ0n) is 13.9. The summed E-state index contributed by atoms with van der Waals surface area (Å²) in [6.07, 6.45) is 1.15. The lowest BCUT2D eigenvalue weighted by atomic mass is 10.0. The van der Waals surface area contributed by atoms with Crippen LogP contribution in [-0.4, -0.2) is 36.2 Å². The number of ether oxygens (including phenoxy) is 2. The molecule has 0 radical (unpaired) electrons. The molecule has 1 fully saturated rings. The van der Waals surface area contributed by atoms with Crippen LogP contribution in [0.5, 0.6) is 0 Å². The lowest BCUT2D eigenvalue weighted by molar-refractivity contribution is 0.0223. The van der Waals surface area contributed by atoms with E-state index in [9.17, 15) is 14.0 Å². The first-order chi connectivity index (χ1) is 10.7. The number of esters is 1. The Morgan fingerprint density at radius 2 is 2.00 bits per heavy atom. The van der Waals surface area contributed by atoms with Crippen LogP contribution in [0.25, 0.3) is 0 Å². The zero-order valence-corrected chi connectivity index (χ0v) is 13.9. The minimum absolute atomic E-state index is 0.113. The lowest BCUT2D eigenvalue weighted by Gasteiger charge is -2.29. The maximum atomic E-state index is 14.1. The number of benzene rings is 1. The normalized spacial score (nSPS) is 18.0. The third kappa shape index (κ3) is 4.00. The van der Waals surface area contributed by atoms with E-state index >= 15 is 0 Å². The molecule has 1 amide bonds. The van der Waals surface area contributed by atoms with Crippen molar-refractivity contribution in [1.29, 1.82) is 0 Å². The van der Waals surface area contributed by atoms with Crippen molar-refractivity contribution in [3.05, 3.63) is 35.1 Å². The maximum absolute atomic E-state index is 14.1. The molecule has 1 heterocycles. The Morgan fingerprint density at radius 3 is 2.57 bits per heavy atom. The van der Waals surface area contributed by atoms with Crippen LogP contribution in [0, 0.1) is 5.82 Å². The molecule has 1 aliphatic heterocycles. The second kappa shape index (κ2) is 6.56. The van der Waals surface area contributed by atoms with Crippen LogP contribution in [0.2, 0.25) is 0 Å². The average Bonchev–Trinajstić information content (AvgIpc) is 2.94. The molecule has 0 N–H and O–H groups in total. The summed E-state index contributed by atoms with van der Waals surface area (Å²) in [4.78, 5) is 25.3. The van der Waals surface area contributed by atoms with Gasteiger partial charge in [0.05, 0.1) is 18.7 Å². The smallest absolute Gasteiger partial charge is 0.410 e. The predicted molar refractivity (Wildman–Crippen MR) is 82.7 cm³/mol. The molecule has 1 aromatic carbocycles. The van der Waals surface area contributed by atoms with Crippen LogP contribution in [0.4, 0.5) is 9.18 Å². The van der Waals surface area contributed by atoms with E-state index in [1.54, 1.807) is 31.7 Å². The first kappa shape index (κ1) is 17.2. The van der Waals surface area contributed by atoms with Gasteiger partial charge in [-0.3, -0.25) is 0 Å². The van der Waals surface area contributed by atoms with Gasteiger partial charge in [-0.25, -0.2) is 14.0 Å². The molecule has 0 unspecified atom stereocenters. The standard InChI is InChI=1S/C17H22FNO4/c1-17(2,3)23-16(21)19-9-5-6-14(19)11-7-8-12(13(18)10-11)15(20)22-4/h7-8,10,14H,5-6,9H2,1-4H3/t14-/m0/s1. The Morgan fingerprint density at radius 1 is 1.30 bits per heavy atom. The molecule has 5 nitrogen and oxygen atoms in total. The first-order valence-electron chi connectivity index (χ1n) is 7.60. The second-order valence-corrected chi connectivity index (χ2v) is 6.56. The van der Waals surface area contributed by atoms with Crippen molar-refractivity contribution in [2.24, 2.45) is 0 Å². The van der Waals surface area contributed by atoms with Gasteiger partial charge in [-0.2, -0.15) is 0 Å². The Kier molecular flexibility index (Phi) is 4.92. The van der Waals surface area contributed by atoms with Gasteiger partial charge < -0.3 is 14.4 Å². The maximum Gasteiger partial charge on any atom is 0.410 e. The molecule has 1 aliphatic rings. The number of rotatable bonds is 2. The fourth-order valence-electron chi connectivity index (χ4n) is 2.67. The van der Waals surface area contributed by atoms with E-state index in [-0.39, 0.29) is 11.6 Å². The van der Waals surface area contributed by atoms with Crippen LogP contribution >= 0.6 is 0 Å². The number of hydrogen-bond acceptors (Lipinski definition) is 4. The Bertz CT molecular complexity index is 609. The Balaban J connectivity index is 2.21. The largest absolute Gasteiger partial charge is 0.465 e. The molecule has 1 aromatic rings. The third-order valence-corrected chi connectivity index (χ3v) is 3.66. The molecule has 1 atom stereocenters. The predicted octanol–water partition coefficient (Wildman–Crippen LogP) is 3.68. The van der Waals surface area contributed by atoms with Crippen molar-refractivity contribution < 1.29 is 23.5 Å². The van der Waals surface area contributed by atoms with Crippen molar-refractivity contribution in [2.45, 2.75) is 45.3 Å². The summed E-state index contributed by atoms with van der Waals surface area (Å²) in [7, 11) is 1.21. The highest BCUT2D eigenvalue weighted by atomic mass is 19.1. The summed E-state index contributed by atoms with van der Waals surface area (Å²) in [5.41, 5.74) is -0.0407. The Hall–Kier alpha value is -2.11. The number of hydrogen-bond donors (Lipinski definition) is 0. The Labute approximate surface area is 135 Å². The first-order valence-corrected chi connectivity index (χ1v) is 7.60. The van der Waals surface area contributed by atoms with E-state index in [1.807, 2.05) is 0 Å². The van der Waals surface area contributed by atoms with Crippen LogP contribution in [0.3, 0.4) is 0 Å². The highest BCUT2D eigenvalue weighted by Gasteiger charge is 2.33. The molecule has 2 rings (SSSR count). The number of likely N-dealkylation sites (tertiary alicyclic amines) is 1. The quantitative estimate of drug-likeness (QED) is 0.779. The number of nitrogens with zero attached hydrogens (tertiary/aromatic N) is 1. The van der Waals surface area contributed by atoms with Crippen LogP contribution in [-0.2, 0) is 9.47 Å². The van der Waals surface area contributed by atoms with Gasteiger partial charge in [-0.1, -0.05) is 6.07 Å². The number of amides is 1. The van der Waals surface area contributed by atoms with E-state index < -0.39 is 23.5 Å². The molecule has 0 aromatic heterocycles. The highest BCUT2D eigenvalue weighted by molar-refractivity contribution is 5.89. The molecule has 0 aliphatic carbocycles. The molecule has 0 saturated carbocycles. The van der Waals surface area contributed by atoms with Gasteiger partial charge in [0.1, 0.15) is 11.4 Å². The van der Waals surface area contributed by atoms with Crippen molar-refractivity contribution in [3.63, 3.8) is 0 Å². The van der Waals surface area contributed by atoms with Gasteiger partial charge in [0.15, 0.2) is 0 Å². The fraction of sp³-hybridized carbons (Fsp3) is 0.529. The fourth-order valence-corrected chi connectivity index (χ4v) is 2.67. The van der Waals surface area contributed by atoms with Gasteiger partial charge in [-0.05, 0) is 51.3 Å². The van der Waals surface area contributed by atoms with Crippen molar-refractivity contribution in [3.8, 4) is 0 Å². The second-order valence-electron chi connectivity index (χ2n) is 6.56. The average molecular weight is 323 g/mol. The summed E-state index contributed by atoms with van der Waals surface area (Å²) in [6, 6.07) is 4.09. The molecule has 1 saturated heterocycles. The lowest BCUT2D eigenvalue weighted by Crippen LogP contribution is -2.36. The van der Waals surface area contributed by atoms with Gasteiger partial charge in [0.25, 0.3) is 0 Å². The third-order valence-electron chi connectivity index (χ3n) is 3.66. The minimum Gasteiger partial charge on any atom is -0.465 e. The summed E-state index contributed by atoms with van der Waals surface area (Å²) in [6.45, 7) is 5.99. The van der Waals surface area contributed by atoms with Crippen molar-refractivity contribution >= 4 is 12.1 Å². The van der Waals surface area contributed by atoms with E-state index in [0.29, 0.717) is 12.1 Å². The highest BCUT2D eigenvalue weighted by Crippen LogP contribution is 2.33. The van der Waals surface area contributed by atoms with Gasteiger partial charge >= 0.3 is 12.1 Å². The topological polar surface area (TPSA) is 55.8 Å². The van der Waals surface area contributed by atoms with E-state index in [1.165, 1.54) is 19.2 Å². The number of methoxy groups -OCH3 is 1. The summed E-state index contributed by atoms with van der Waals surface area (Å²) < 4.78 is 24.0. The number of halogens is 1. The number of carbonyl (C=O) groups excluding carboxylic acids is 2. The SMILES string of the molecule is COC(=O)c1ccc([C@@H]2CCCN2C(=O)OC(C)(C)C)cc1F. The number of carbonyl (C=O) groups is 2. The van der Waals surface area contributed by atoms with Gasteiger partial charge in [0, 0.05) is 6.54 Å². The van der Waals surface area contributed by atoms with Crippen molar-refractivity contribution in [1.82, 2.24) is 4.90 Å². The zero-order chi connectivity index (χ0) is 17.2.